The molecule has 0 amide bonds. The molecule has 12 aromatic rings. The van der Waals surface area contributed by atoms with Crippen LogP contribution in [0.1, 0.15) is 33.4 Å². The number of hydrogen-bond acceptors (Lipinski definition) is 0. The zero-order valence-corrected chi connectivity index (χ0v) is 56.9. The molecule has 0 saturated heterocycles. The van der Waals surface area contributed by atoms with Gasteiger partial charge in [-0.1, -0.05) is 328 Å². The monoisotopic (exact) mass is 1490 g/mol. The van der Waals surface area contributed by atoms with Gasteiger partial charge < -0.3 is 0 Å². The fourth-order valence-corrected chi connectivity index (χ4v) is 12.9. The van der Waals surface area contributed by atoms with Crippen molar-refractivity contribution >= 4 is 0 Å². The Balaban J connectivity index is 0.000000114. The molecule has 12 aromatic carbocycles. The van der Waals surface area contributed by atoms with Gasteiger partial charge in [0.05, 0.1) is 0 Å². The van der Waals surface area contributed by atoms with E-state index in [1.165, 1.54) is 72.8 Å². The SMILES string of the molecule is F[C@@H]1[C@H](F)C1(F)c1ccc(-c2ccccc2)cc1.F[C@@H]1[C@H](F)C1(F)c1ccc(-c2ccccc2)cc1.F[C@@H]1[C@H](F)C1(F)c1ccc(-c2ccccc2)cc1.F[C@@H]1[C@H](F)C1(F)c1ccc(-c2ccccc2)cc1.F[C@@H]1[C@H](F)C1(F)c1ccc(-c2ccccc2)cc1.F[C@@H]1[C@H](F)C1(F)c1ccc(-c2ccccc2)cc1. The Morgan fingerprint density at radius 3 is 0.287 bits per heavy atom. The number of rotatable bonds is 12. The van der Waals surface area contributed by atoms with Crippen molar-refractivity contribution in [2.75, 3.05) is 0 Å². The van der Waals surface area contributed by atoms with E-state index in [1.54, 1.807) is 72.8 Å². The molecule has 552 valence electrons. The van der Waals surface area contributed by atoms with Gasteiger partial charge in [0.2, 0.25) is 34.0 Å². The highest BCUT2D eigenvalue weighted by Gasteiger charge is 2.74. The summed E-state index contributed by atoms with van der Waals surface area (Å²) in [7, 11) is 0. The lowest BCUT2D eigenvalue weighted by Crippen LogP contribution is -2.04. The molecule has 6 unspecified atom stereocenters. The third-order valence-electron chi connectivity index (χ3n) is 20.3. The molecule has 18 heteroatoms. The van der Waals surface area contributed by atoms with Crippen LogP contribution in [0.25, 0.3) is 66.8 Å². The first-order valence-corrected chi connectivity index (χ1v) is 34.6. The largest absolute Gasteiger partial charge is 0.240 e. The highest BCUT2D eigenvalue weighted by atomic mass is 19.2. The first-order valence-electron chi connectivity index (χ1n) is 34.6. The van der Waals surface area contributed by atoms with E-state index < -0.39 is 108 Å². The number of alkyl halides is 18. The summed E-state index contributed by atoms with van der Waals surface area (Å²) in [5.41, 5.74) is -2.87. The van der Waals surface area contributed by atoms with Crippen molar-refractivity contribution in [3.8, 4) is 66.8 Å². The minimum atomic E-state index is -2.44. The van der Waals surface area contributed by atoms with Gasteiger partial charge in [0.25, 0.3) is 0 Å². The summed E-state index contributed by atoms with van der Waals surface area (Å²) < 4.78 is 238. The van der Waals surface area contributed by atoms with Crippen LogP contribution in [-0.4, -0.2) is 74.1 Å². The lowest BCUT2D eigenvalue weighted by Gasteiger charge is -2.07. The van der Waals surface area contributed by atoms with Gasteiger partial charge in [-0.3, -0.25) is 0 Å². The van der Waals surface area contributed by atoms with Gasteiger partial charge in [0, 0.05) is 0 Å². The zero-order valence-electron chi connectivity index (χ0n) is 56.9. The van der Waals surface area contributed by atoms with E-state index in [2.05, 4.69) is 0 Å². The van der Waals surface area contributed by atoms with Crippen molar-refractivity contribution in [1.29, 1.82) is 0 Å². The second-order valence-corrected chi connectivity index (χ2v) is 27.1. The summed E-state index contributed by atoms with van der Waals surface area (Å²) in [6, 6.07) is 94.9. The molecule has 18 rings (SSSR count). The van der Waals surface area contributed by atoms with Crippen LogP contribution in [-0.2, 0) is 34.0 Å². The van der Waals surface area contributed by atoms with E-state index in [9.17, 15) is 79.0 Å². The molecule has 0 N–H and O–H groups in total. The van der Waals surface area contributed by atoms with Gasteiger partial charge >= 0.3 is 0 Å². The summed E-state index contributed by atoms with van der Waals surface area (Å²) in [6.07, 6.45) is -24.3. The summed E-state index contributed by atoms with van der Waals surface area (Å²) >= 11 is 0. The Morgan fingerprint density at radius 2 is 0.204 bits per heavy atom. The van der Waals surface area contributed by atoms with Crippen molar-refractivity contribution in [3.63, 3.8) is 0 Å². The fourth-order valence-electron chi connectivity index (χ4n) is 12.9. The molecule has 6 aliphatic rings. The van der Waals surface area contributed by atoms with Gasteiger partial charge in [-0.15, -0.1) is 0 Å². The third kappa shape index (κ3) is 14.6. The van der Waals surface area contributed by atoms with Gasteiger partial charge in [-0.25, -0.2) is 79.0 Å². The lowest BCUT2D eigenvalue weighted by atomic mass is 10.0. The highest BCUT2D eigenvalue weighted by molar-refractivity contribution is 5.69. The molecule has 0 radical (unpaired) electrons. The first-order chi connectivity index (χ1) is 51.8. The maximum Gasteiger partial charge on any atom is 0.203 e. The van der Waals surface area contributed by atoms with Crippen molar-refractivity contribution in [3.05, 3.63) is 361 Å². The molecule has 0 spiro atoms. The van der Waals surface area contributed by atoms with E-state index >= 15 is 0 Å². The normalized spacial score (nSPS) is 30.2. The second kappa shape index (κ2) is 30.6. The topological polar surface area (TPSA) is 0 Å². The second-order valence-electron chi connectivity index (χ2n) is 27.1. The lowest BCUT2D eigenvalue weighted by molar-refractivity contribution is 0.232. The Bertz CT molecular complexity index is 4050. The van der Waals surface area contributed by atoms with Crippen molar-refractivity contribution < 1.29 is 79.0 Å². The van der Waals surface area contributed by atoms with Crippen LogP contribution in [0.3, 0.4) is 0 Å². The predicted molar refractivity (Wildman–Crippen MR) is 387 cm³/mol. The van der Waals surface area contributed by atoms with Gasteiger partial charge in [-0.2, -0.15) is 0 Å². The minimum Gasteiger partial charge on any atom is -0.240 e. The third-order valence-corrected chi connectivity index (χ3v) is 20.3. The van der Waals surface area contributed by atoms with Crippen LogP contribution in [0.4, 0.5) is 79.0 Å². The molecule has 6 fully saturated rings. The van der Waals surface area contributed by atoms with E-state index in [0.717, 1.165) is 66.8 Å². The highest BCUT2D eigenvalue weighted by Crippen LogP contribution is 2.59. The zero-order chi connectivity index (χ0) is 76.5. The predicted octanol–water partition coefficient (Wildman–Crippen LogP) is 25.2. The maximum atomic E-state index is 13.8. The maximum absolute atomic E-state index is 13.8. The molecule has 6 aliphatic carbocycles. The molecule has 0 bridgehead atoms. The van der Waals surface area contributed by atoms with E-state index in [0.29, 0.717) is 0 Å². The van der Waals surface area contributed by atoms with Gasteiger partial charge in [0.15, 0.2) is 74.1 Å². The van der Waals surface area contributed by atoms with Gasteiger partial charge in [-0.05, 0) is 100 Å². The van der Waals surface area contributed by atoms with E-state index in [4.69, 9.17) is 0 Å². The summed E-state index contributed by atoms with van der Waals surface area (Å²) in [4.78, 5) is 0. The number of benzene rings is 12. The average molecular weight is 1490 g/mol. The molecule has 0 aromatic heterocycles. The number of hydrogen-bond donors (Lipinski definition) is 0. The minimum absolute atomic E-state index is 0.0715. The quantitative estimate of drug-likeness (QED) is 0.107. The van der Waals surface area contributed by atoms with Crippen LogP contribution in [0.2, 0.25) is 0 Å². The standard InChI is InChI=1S/6C15H11F3/c6*16-13-14(17)15(13,18)12-8-6-11(7-9-12)10-4-2-1-3-5-10/h6*1-9,13-14H/t6*13-,14+,15?. The van der Waals surface area contributed by atoms with Crippen molar-refractivity contribution in [2.45, 2.75) is 108 Å². The molecular weight excluding hydrogens is 1420 g/mol. The summed E-state index contributed by atoms with van der Waals surface area (Å²) in [5, 5.41) is 0. The van der Waals surface area contributed by atoms with Gasteiger partial charge in [0.1, 0.15) is 0 Å². The first kappa shape index (κ1) is 75.6. The van der Waals surface area contributed by atoms with Crippen LogP contribution in [0, 0.1) is 0 Å². The Morgan fingerprint density at radius 1 is 0.120 bits per heavy atom. The number of halogens is 18. The van der Waals surface area contributed by atoms with E-state index in [1.807, 2.05) is 182 Å². The Labute approximate surface area is 612 Å². The molecular formula is C90H66F18. The van der Waals surface area contributed by atoms with Crippen LogP contribution in [0.5, 0.6) is 0 Å². The van der Waals surface area contributed by atoms with E-state index in [-0.39, 0.29) is 33.4 Å². The fraction of sp³-hybridized carbons (Fsp3) is 0.200. The smallest absolute Gasteiger partial charge is 0.203 e. The molecule has 0 nitrogen and oxygen atoms in total. The molecule has 0 heterocycles. The molecule has 18 atom stereocenters. The van der Waals surface area contributed by atoms with Crippen molar-refractivity contribution in [2.24, 2.45) is 0 Å². The summed E-state index contributed by atoms with van der Waals surface area (Å²) in [5.74, 6) is 0. The van der Waals surface area contributed by atoms with Crippen LogP contribution >= 0.6 is 0 Å². The molecule has 6 saturated carbocycles. The van der Waals surface area contributed by atoms with Crippen LogP contribution in [0.15, 0.2) is 328 Å². The van der Waals surface area contributed by atoms with Crippen LogP contribution < -0.4 is 0 Å². The Kier molecular flexibility index (Phi) is 21.4. The summed E-state index contributed by atoms with van der Waals surface area (Å²) in [6.45, 7) is 0. The van der Waals surface area contributed by atoms with Crippen molar-refractivity contribution in [1.82, 2.24) is 0 Å². The Hall–Kier alpha value is -10.6. The molecule has 0 aliphatic heterocycles. The molecule has 108 heavy (non-hydrogen) atoms. The average Bonchev–Trinajstić information content (AvgIpc) is 1.61.